The number of anilines is 3. The molecule has 2 aromatic heterocycles. The largest absolute Gasteiger partial charge is 0.363 e. The Hall–Kier alpha value is -3.57. The van der Waals surface area contributed by atoms with Gasteiger partial charge in [0.25, 0.3) is 0 Å². The molecule has 0 aliphatic rings. The molecule has 6 heteroatoms. The van der Waals surface area contributed by atoms with Gasteiger partial charge in [0, 0.05) is 34.4 Å². The van der Waals surface area contributed by atoms with Crippen LogP contribution in [0.4, 0.5) is 17.3 Å². The number of fused-ring (bicyclic) bond motifs is 2. The molecule has 0 fully saturated rings. The highest BCUT2D eigenvalue weighted by atomic mass is 35.5. The van der Waals surface area contributed by atoms with Crippen molar-refractivity contribution in [2.24, 2.45) is 0 Å². The van der Waals surface area contributed by atoms with Crippen LogP contribution in [0.2, 0.25) is 5.02 Å². The minimum Gasteiger partial charge on any atom is -0.363 e. The topological polar surface area (TPSA) is 65.6 Å². The first kappa shape index (κ1) is 17.5. The Morgan fingerprint density at radius 2 is 1.55 bits per heavy atom. The van der Waals surface area contributed by atoms with E-state index in [9.17, 15) is 0 Å². The summed E-state index contributed by atoms with van der Waals surface area (Å²) >= 11 is 6.31. The van der Waals surface area contributed by atoms with Crippen molar-refractivity contribution in [1.29, 1.82) is 0 Å². The molecule has 0 amide bonds. The Balaban J connectivity index is 1.55. The zero-order valence-corrected chi connectivity index (χ0v) is 16.2. The first-order valence-corrected chi connectivity index (χ1v) is 9.73. The summed E-state index contributed by atoms with van der Waals surface area (Å²) in [5.41, 5.74) is 4.70. The molecule has 2 heterocycles. The smallest absolute Gasteiger partial charge is 0.174 e. The van der Waals surface area contributed by atoms with E-state index in [1.807, 2.05) is 79.0 Å². The molecule has 5 rings (SSSR count). The van der Waals surface area contributed by atoms with Crippen LogP contribution in [-0.4, -0.2) is 15.0 Å². The number of aromatic amines is 1. The van der Waals surface area contributed by atoms with Gasteiger partial charge in [-0.05, 0) is 42.0 Å². The molecule has 0 atom stereocenters. The number of nitrogens with one attached hydrogen (secondary N) is 3. The maximum absolute atomic E-state index is 6.31. The van der Waals surface area contributed by atoms with E-state index in [1.165, 1.54) is 0 Å². The van der Waals surface area contributed by atoms with Gasteiger partial charge in [0.15, 0.2) is 11.6 Å². The van der Waals surface area contributed by atoms with Crippen molar-refractivity contribution < 1.29 is 0 Å². The lowest BCUT2D eigenvalue weighted by atomic mass is 10.2. The van der Waals surface area contributed by atoms with Crippen LogP contribution in [0.15, 0.2) is 79.0 Å². The zero-order chi connectivity index (χ0) is 19.6. The van der Waals surface area contributed by atoms with Gasteiger partial charge in [-0.25, -0.2) is 9.97 Å². The van der Waals surface area contributed by atoms with E-state index in [4.69, 9.17) is 21.6 Å². The Bertz CT molecular complexity index is 1310. The Morgan fingerprint density at radius 1 is 0.793 bits per heavy atom. The van der Waals surface area contributed by atoms with Gasteiger partial charge in [0.2, 0.25) is 0 Å². The lowest BCUT2D eigenvalue weighted by Crippen LogP contribution is -2.07. The van der Waals surface area contributed by atoms with Gasteiger partial charge in [-0.1, -0.05) is 48.0 Å². The van der Waals surface area contributed by atoms with Crippen molar-refractivity contribution in [1.82, 2.24) is 15.0 Å². The van der Waals surface area contributed by atoms with Crippen molar-refractivity contribution in [3.8, 4) is 0 Å². The zero-order valence-electron chi connectivity index (χ0n) is 15.5. The van der Waals surface area contributed by atoms with Crippen molar-refractivity contribution in [2.75, 3.05) is 10.6 Å². The molecule has 0 saturated carbocycles. The van der Waals surface area contributed by atoms with Crippen LogP contribution in [0.1, 0.15) is 5.56 Å². The number of nitrogens with zero attached hydrogens (tertiary/aromatic N) is 2. The van der Waals surface area contributed by atoms with Gasteiger partial charge in [-0.3, -0.25) is 0 Å². The normalized spacial score (nSPS) is 11.1. The SMILES string of the molecule is Clc1ccccc1CNc1nc2ccccc2nc1Nc1cccc2[nH]ccc12. The van der Waals surface area contributed by atoms with Crippen molar-refractivity contribution >= 4 is 50.9 Å². The van der Waals surface area contributed by atoms with E-state index in [-0.39, 0.29) is 0 Å². The third kappa shape index (κ3) is 3.48. The van der Waals surface area contributed by atoms with Crippen molar-refractivity contribution in [3.63, 3.8) is 0 Å². The summed E-state index contributed by atoms with van der Waals surface area (Å²) in [5.74, 6) is 1.35. The molecule has 5 aromatic rings. The van der Waals surface area contributed by atoms with Gasteiger partial charge >= 0.3 is 0 Å². The standard InChI is InChI=1S/C23H18ClN5/c24-17-7-2-1-6-15(17)14-26-22-23(29-21-9-4-3-8-20(21)28-22)27-19-11-5-10-18-16(19)12-13-25-18/h1-13,25H,14H2,(H,26,28)(H,27,29). The predicted octanol–water partition coefficient (Wildman–Crippen LogP) is 6.12. The third-order valence-electron chi connectivity index (χ3n) is 4.82. The average Bonchev–Trinajstić information content (AvgIpc) is 3.23. The first-order chi connectivity index (χ1) is 14.3. The second-order valence-electron chi connectivity index (χ2n) is 6.72. The predicted molar refractivity (Wildman–Crippen MR) is 120 cm³/mol. The summed E-state index contributed by atoms with van der Waals surface area (Å²) < 4.78 is 0. The lowest BCUT2D eigenvalue weighted by molar-refractivity contribution is 1.11. The quantitative estimate of drug-likeness (QED) is 0.333. The average molecular weight is 400 g/mol. The van der Waals surface area contributed by atoms with E-state index in [2.05, 4.69) is 15.6 Å². The second-order valence-corrected chi connectivity index (χ2v) is 7.13. The fraction of sp³-hybridized carbons (Fsp3) is 0.0435. The van der Waals surface area contributed by atoms with Crippen LogP contribution in [0.3, 0.4) is 0 Å². The van der Waals surface area contributed by atoms with E-state index in [0.717, 1.165) is 38.2 Å². The van der Waals surface area contributed by atoms with Crippen molar-refractivity contribution in [2.45, 2.75) is 6.54 Å². The number of hydrogen-bond acceptors (Lipinski definition) is 4. The lowest BCUT2D eigenvalue weighted by Gasteiger charge is -2.14. The molecule has 0 spiro atoms. The minimum absolute atomic E-state index is 0.551. The van der Waals surface area contributed by atoms with Gasteiger partial charge in [-0.2, -0.15) is 0 Å². The Morgan fingerprint density at radius 3 is 2.38 bits per heavy atom. The number of hydrogen-bond donors (Lipinski definition) is 3. The van der Waals surface area contributed by atoms with E-state index in [0.29, 0.717) is 18.2 Å². The fourth-order valence-electron chi connectivity index (χ4n) is 3.35. The fourth-order valence-corrected chi connectivity index (χ4v) is 3.56. The summed E-state index contributed by atoms with van der Waals surface area (Å²) in [7, 11) is 0. The highest BCUT2D eigenvalue weighted by Crippen LogP contribution is 2.30. The molecule has 0 saturated heterocycles. The van der Waals surface area contributed by atoms with Crippen LogP contribution >= 0.6 is 11.6 Å². The Labute approximate surface area is 172 Å². The number of aromatic nitrogens is 3. The highest BCUT2D eigenvalue weighted by molar-refractivity contribution is 6.31. The van der Waals surface area contributed by atoms with E-state index < -0.39 is 0 Å². The van der Waals surface area contributed by atoms with Crippen LogP contribution in [0.25, 0.3) is 21.9 Å². The molecule has 0 aliphatic carbocycles. The molecule has 3 aromatic carbocycles. The molecule has 0 aliphatic heterocycles. The summed E-state index contributed by atoms with van der Waals surface area (Å²) in [6.45, 7) is 0.551. The summed E-state index contributed by atoms with van der Waals surface area (Å²) in [6, 6.07) is 23.7. The number of H-pyrrole nitrogens is 1. The molecule has 0 bridgehead atoms. The number of halogens is 1. The summed E-state index contributed by atoms with van der Waals surface area (Å²) in [4.78, 5) is 12.9. The molecule has 0 radical (unpaired) electrons. The molecule has 3 N–H and O–H groups in total. The molecular formula is C23H18ClN5. The van der Waals surface area contributed by atoms with Gasteiger partial charge in [-0.15, -0.1) is 0 Å². The van der Waals surface area contributed by atoms with Gasteiger partial charge in [0.1, 0.15) is 0 Å². The van der Waals surface area contributed by atoms with Crippen LogP contribution < -0.4 is 10.6 Å². The maximum Gasteiger partial charge on any atom is 0.174 e. The monoisotopic (exact) mass is 399 g/mol. The molecule has 5 nitrogen and oxygen atoms in total. The van der Waals surface area contributed by atoms with Gasteiger partial charge in [0.05, 0.1) is 11.0 Å². The first-order valence-electron chi connectivity index (χ1n) is 9.35. The van der Waals surface area contributed by atoms with Gasteiger partial charge < -0.3 is 15.6 Å². The maximum atomic E-state index is 6.31. The molecule has 29 heavy (non-hydrogen) atoms. The molecule has 0 unspecified atom stereocenters. The number of para-hydroxylation sites is 2. The van der Waals surface area contributed by atoms with Crippen molar-refractivity contribution in [3.05, 3.63) is 89.6 Å². The molecular weight excluding hydrogens is 382 g/mol. The van der Waals surface area contributed by atoms with E-state index >= 15 is 0 Å². The van der Waals surface area contributed by atoms with Crippen LogP contribution in [-0.2, 0) is 6.54 Å². The minimum atomic E-state index is 0.551. The number of rotatable bonds is 5. The third-order valence-corrected chi connectivity index (χ3v) is 5.19. The number of benzene rings is 3. The van der Waals surface area contributed by atoms with Crippen LogP contribution in [0.5, 0.6) is 0 Å². The summed E-state index contributed by atoms with van der Waals surface area (Å²) in [6.07, 6.45) is 1.93. The molecule has 142 valence electrons. The highest BCUT2D eigenvalue weighted by Gasteiger charge is 2.11. The van der Waals surface area contributed by atoms with Crippen LogP contribution in [0, 0.1) is 0 Å². The Kier molecular flexibility index (Phi) is 4.50. The second kappa shape index (κ2) is 7.45. The van der Waals surface area contributed by atoms with E-state index in [1.54, 1.807) is 0 Å². The summed E-state index contributed by atoms with van der Waals surface area (Å²) in [5, 5.41) is 8.67.